The van der Waals surface area contributed by atoms with Crippen molar-refractivity contribution >= 4 is 5.78 Å². The number of Topliss-reactive ketones (excluding diaryl/α,β-unsaturated/α-hetero) is 1. The molecule has 0 aliphatic carbocycles. The molecule has 0 N–H and O–H groups in total. The van der Waals surface area contributed by atoms with Gasteiger partial charge in [-0.25, -0.2) is 0 Å². The van der Waals surface area contributed by atoms with Crippen molar-refractivity contribution in [3.8, 4) is 6.07 Å². The Hall–Kier alpha value is -1.62. The van der Waals surface area contributed by atoms with E-state index in [1.807, 2.05) is 33.8 Å². The lowest BCUT2D eigenvalue weighted by molar-refractivity contribution is 0.105. The molecule has 0 saturated heterocycles. The van der Waals surface area contributed by atoms with Crippen LogP contribution in [0.1, 0.15) is 32.6 Å². The highest BCUT2D eigenvalue weighted by molar-refractivity contribution is 6.09. The third-order valence-corrected chi connectivity index (χ3v) is 2.69. The number of carbonyl (C=O) groups excluding carboxylic acids is 1. The lowest BCUT2D eigenvalue weighted by Crippen LogP contribution is -2.05. The lowest BCUT2D eigenvalue weighted by Gasteiger charge is -2.11. The zero-order valence-corrected chi connectivity index (χ0v) is 8.93. The first-order valence-electron chi connectivity index (χ1n) is 4.51. The monoisotopic (exact) mass is 187 g/mol. The van der Waals surface area contributed by atoms with Gasteiger partial charge in [0.25, 0.3) is 5.78 Å². The Kier molecular flexibility index (Phi) is 2.71. The summed E-state index contributed by atoms with van der Waals surface area (Å²) in [5.74, 6) is -0.438. The summed E-state index contributed by atoms with van der Waals surface area (Å²) in [7, 11) is 0. The summed E-state index contributed by atoms with van der Waals surface area (Å²) in [5.41, 5.74) is 4.53. The van der Waals surface area contributed by atoms with Crippen LogP contribution < -0.4 is 0 Å². The van der Waals surface area contributed by atoms with Gasteiger partial charge in [0, 0.05) is 5.56 Å². The minimum Gasteiger partial charge on any atom is -0.277 e. The molecule has 0 aromatic heterocycles. The molecule has 2 heteroatoms. The molecule has 0 aliphatic heterocycles. The minimum absolute atomic E-state index is 0.438. The number of nitrogens with zero attached hydrogens (tertiary/aromatic N) is 1. The molecule has 0 unspecified atom stereocenters. The van der Waals surface area contributed by atoms with Crippen molar-refractivity contribution in [3.05, 3.63) is 33.9 Å². The van der Waals surface area contributed by atoms with E-state index < -0.39 is 5.78 Å². The van der Waals surface area contributed by atoms with E-state index in [0.717, 1.165) is 22.3 Å². The van der Waals surface area contributed by atoms with Gasteiger partial charge >= 0.3 is 0 Å². The maximum Gasteiger partial charge on any atom is 0.262 e. The van der Waals surface area contributed by atoms with Gasteiger partial charge in [-0.15, -0.1) is 0 Å². The molecule has 0 saturated carbocycles. The fourth-order valence-electron chi connectivity index (χ4n) is 1.61. The van der Waals surface area contributed by atoms with Crippen LogP contribution in [-0.4, -0.2) is 5.78 Å². The summed E-state index contributed by atoms with van der Waals surface area (Å²) in [6.07, 6.45) is 0. The molecule has 0 radical (unpaired) electrons. The molecule has 1 rings (SSSR count). The molecule has 0 aliphatic rings. The molecular formula is C12H13NO. The average molecular weight is 187 g/mol. The zero-order chi connectivity index (χ0) is 10.9. The molecule has 0 fully saturated rings. The maximum atomic E-state index is 11.4. The number of carbonyl (C=O) groups is 1. The molecule has 1 aromatic carbocycles. The molecule has 0 bridgehead atoms. The molecule has 0 spiro atoms. The molecule has 0 atom stereocenters. The highest BCUT2D eigenvalue weighted by atomic mass is 16.1. The Morgan fingerprint density at radius 1 is 1.14 bits per heavy atom. The van der Waals surface area contributed by atoms with E-state index in [1.165, 1.54) is 0 Å². The normalized spacial score (nSPS) is 9.64. The number of aryl methyl sites for hydroxylation is 2. The number of nitriles is 1. The fourth-order valence-corrected chi connectivity index (χ4v) is 1.61. The van der Waals surface area contributed by atoms with Crippen molar-refractivity contribution < 1.29 is 4.79 Å². The molecule has 72 valence electrons. The predicted octanol–water partition coefficient (Wildman–Crippen LogP) is 2.63. The van der Waals surface area contributed by atoms with Gasteiger partial charge in [-0.1, -0.05) is 6.07 Å². The van der Waals surface area contributed by atoms with Crippen molar-refractivity contribution in [2.24, 2.45) is 0 Å². The largest absolute Gasteiger partial charge is 0.277 e. The number of rotatable bonds is 1. The van der Waals surface area contributed by atoms with Crippen LogP contribution in [-0.2, 0) is 0 Å². The first kappa shape index (κ1) is 10.5. The summed E-state index contributed by atoms with van der Waals surface area (Å²) in [4.78, 5) is 11.4. The van der Waals surface area contributed by atoms with Gasteiger partial charge < -0.3 is 0 Å². The van der Waals surface area contributed by atoms with Gasteiger partial charge in [0.2, 0.25) is 0 Å². The van der Waals surface area contributed by atoms with Crippen molar-refractivity contribution in [3.63, 3.8) is 0 Å². The van der Waals surface area contributed by atoms with Crippen LogP contribution in [0.25, 0.3) is 0 Å². The second-order valence-corrected chi connectivity index (χ2v) is 3.58. The van der Waals surface area contributed by atoms with Crippen LogP contribution in [0.3, 0.4) is 0 Å². The van der Waals surface area contributed by atoms with E-state index in [4.69, 9.17) is 5.26 Å². The summed E-state index contributed by atoms with van der Waals surface area (Å²) in [6, 6.07) is 3.72. The predicted molar refractivity (Wildman–Crippen MR) is 55.3 cm³/mol. The standard InChI is InChI=1S/C12H13NO/c1-7-5-8(2)10(4)12(9(7)3)11(14)6-13/h5H,1-4H3. The van der Waals surface area contributed by atoms with Crippen LogP contribution >= 0.6 is 0 Å². The topological polar surface area (TPSA) is 40.9 Å². The quantitative estimate of drug-likeness (QED) is 0.501. The number of benzene rings is 1. The Bertz CT molecular complexity index is 412. The molecular weight excluding hydrogens is 174 g/mol. The fraction of sp³-hybridized carbons (Fsp3) is 0.333. The summed E-state index contributed by atoms with van der Waals surface area (Å²) < 4.78 is 0. The van der Waals surface area contributed by atoms with E-state index in [9.17, 15) is 4.79 Å². The van der Waals surface area contributed by atoms with Crippen LogP contribution in [0.2, 0.25) is 0 Å². The summed E-state index contributed by atoms with van der Waals surface area (Å²) >= 11 is 0. The van der Waals surface area contributed by atoms with Crippen molar-refractivity contribution in [2.45, 2.75) is 27.7 Å². The summed E-state index contributed by atoms with van der Waals surface area (Å²) in [5, 5.41) is 8.62. The van der Waals surface area contributed by atoms with Crippen molar-refractivity contribution in [1.29, 1.82) is 5.26 Å². The number of ketones is 1. The van der Waals surface area contributed by atoms with E-state index in [-0.39, 0.29) is 0 Å². The Balaban J connectivity index is 3.57. The Morgan fingerprint density at radius 3 is 1.93 bits per heavy atom. The van der Waals surface area contributed by atoms with Gasteiger partial charge in [0.05, 0.1) is 0 Å². The van der Waals surface area contributed by atoms with Crippen LogP contribution in [0.15, 0.2) is 6.07 Å². The van der Waals surface area contributed by atoms with Gasteiger partial charge in [-0.2, -0.15) is 5.26 Å². The first-order chi connectivity index (χ1) is 6.49. The molecule has 0 amide bonds. The van der Waals surface area contributed by atoms with Crippen molar-refractivity contribution in [1.82, 2.24) is 0 Å². The highest BCUT2D eigenvalue weighted by Crippen LogP contribution is 2.21. The second kappa shape index (κ2) is 3.63. The van der Waals surface area contributed by atoms with Crippen molar-refractivity contribution in [2.75, 3.05) is 0 Å². The smallest absolute Gasteiger partial charge is 0.262 e. The maximum absolute atomic E-state index is 11.4. The Labute approximate surface area is 84.2 Å². The van der Waals surface area contributed by atoms with Gasteiger partial charge in [-0.3, -0.25) is 4.79 Å². The molecule has 14 heavy (non-hydrogen) atoms. The molecule has 1 aromatic rings. The van der Waals surface area contributed by atoms with E-state index in [0.29, 0.717) is 5.56 Å². The van der Waals surface area contributed by atoms with Gasteiger partial charge in [0.15, 0.2) is 0 Å². The van der Waals surface area contributed by atoms with Crippen LogP contribution in [0.4, 0.5) is 0 Å². The van der Waals surface area contributed by atoms with Crippen LogP contribution in [0.5, 0.6) is 0 Å². The lowest BCUT2D eigenvalue weighted by atomic mass is 9.92. The number of hydrogen-bond acceptors (Lipinski definition) is 2. The van der Waals surface area contributed by atoms with Gasteiger partial charge in [0.1, 0.15) is 6.07 Å². The van der Waals surface area contributed by atoms with E-state index in [1.54, 1.807) is 6.07 Å². The average Bonchev–Trinajstić information content (AvgIpc) is 2.15. The second-order valence-electron chi connectivity index (χ2n) is 3.58. The number of hydrogen-bond donors (Lipinski definition) is 0. The SMILES string of the molecule is Cc1cc(C)c(C)c(C(=O)C#N)c1C. The Morgan fingerprint density at radius 2 is 1.57 bits per heavy atom. The van der Waals surface area contributed by atoms with Gasteiger partial charge in [-0.05, 0) is 49.9 Å². The minimum atomic E-state index is -0.438. The summed E-state index contributed by atoms with van der Waals surface area (Å²) in [6.45, 7) is 7.67. The zero-order valence-electron chi connectivity index (χ0n) is 8.93. The highest BCUT2D eigenvalue weighted by Gasteiger charge is 2.14. The third kappa shape index (κ3) is 1.54. The van der Waals surface area contributed by atoms with E-state index >= 15 is 0 Å². The van der Waals surface area contributed by atoms with E-state index in [2.05, 4.69) is 0 Å². The van der Waals surface area contributed by atoms with Crippen LogP contribution in [0, 0.1) is 39.0 Å². The molecule has 0 heterocycles. The molecule has 2 nitrogen and oxygen atoms in total. The first-order valence-corrected chi connectivity index (χ1v) is 4.51. The third-order valence-electron chi connectivity index (χ3n) is 2.69.